The maximum atomic E-state index is 2.98. The van der Waals surface area contributed by atoms with Gasteiger partial charge < -0.3 is 0 Å². The van der Waals surface area contributed by atoms with Gasteiger partial charge in [0.25, 0.3) is 0 Å². The third-order valence-electron chi connectivity index (χ3n) is 0.810. The predicted octanol–water partition coefficient (Wildman–Crippen LogP) is 1.69. The molecule has 1 rings (SSSR count). The molecule has 0 amide bonds. The third-order valence-corrected chi connectivity index (χ3v) is 0.810. The van der Waals surface area contributed by atoms with Gasteiger partial charge in [-0.15, -0.1) is 0 Å². The third kappa shape index (κ3) is 2.76. The van der Waals surface area contributed by atoms with Crippen LogP contribution in [0.3, 0.4) is 0 Å². The van der Waals surface area contributed by atoms with Crippen LogP contribution in [0.5, 0.6) is 0 Å². The summed E-state index contributed by atoms with van der Waals surface area (Å²) in [4.78, 5) is 0. The zero-order chi connectivity index (χ0) is 4.24. The van der Waals surface area contributed by atoms with Crippen LogP contribution in [0.25, 0.3) is 0 Å². The van der Waals surface area contributed by atoms with E-state index in [9.17, 15) is 0 Å². The Balaban J connectivity index is 0.000000360. The van der Waals surface area contributed by atoms with Crippen molar-refractivity contribution in [2.75, 3.05) is 0 Å². The first kappa shape index (κ1) is 7.10. The first-order chi connectivity index (χ1) is 3.00. The second-order valence-electron chi connectivity index (χ2n) is 1.35. The van der Waals surface area contributed by atoms with Crippen LogP contribution in [0, 0.1) is 6.08 Å². The van der Waals surface area contributed by atoms with E-state index in [1.807, 2.05) is 6.08 Å². The molecule has 0 atom stereocenters. The van der Waals surface area contributed by atoms with Crippen molar-refractivity contribution in [3.63, 3.8) is 0 Å². The fraction of sp³-hybridized carbons (Fsp3) is 0.333. The molecule has 0 N–H and O–H groups in total. The van der Waals surface area contributed by atoms with Gasteiger partial charge in [-0.2, -0.15) is 6.08 Å². The van der Waals surface area contributed by atoms with E-state index in [1.54, 1.807) is 0 Å². The molecular weight excluding hydrogens is 173 g/mol. The Morgan fingerprint density at radius 3 is 2.29 bits per heavy atom. The smallest absolute Gasteiger partial charge is 0.255 e. The van der Waals surface area contributed by atoms with Gasteiger partial charge in [0, 0.05) is 0 Å². The molecule has 0 bridgehead atoms. The van der Waals surface area contributed by atoms with Crippen molar-refractivity contribution in [2.24, 2.45) is 0 Å². The second-order valence-corrected chi connectivity index (χ2v) is 1.35. The molecular formula is C6H7Ru. The Labute approximate surface area is 57.1 Å². The van der Waals surface area contributed by atoms with Crippen LogP contribution in [0.1, 0.15) is 12.8 Å². The summed E-state index contributed by atoms with van der Waals surface area (Å²) in [6, 6.07) is 0. The summed E-state index contributed by atoms with van der Waals surface area (Å²) in [6.07, 6.45) is 11.5. The molecule has 0 nitrogen and oxygen atoms in total. The average Bonchev–Trinajstić information content (AvgIpc) is 1.72. The zero-order valence-electron chi connectivity index (χ0n) is 4.00. The number of rotatable bonds is 0. The van der Waals surface area contributed by atoms with Crippen LogP contribution in [0.2, 0.25) is 0 Å². The van der Waals surface area contributed by atoms with Gasteiger partial charge in [0.1, 0.15) is 0 Å². The van der Waals surface area contributed by atoms with Gasteiger partial charge in [-0.1, -0.05) is 12.8 Å². The maximum Gasteiger partial charge on any atom is 1.00 e. The minimum absolute atomic E-state index is 0. The van der Waals surface area contributed by atoms with Crippen molar-refractivity contribution >= 4 is 0 Å². The fourth-order valence-electron chi connectivity index (χ4n) is 0.482. The van der Waals surface area contributed by atoms with E-state index < -0.39 is 0 Å². The molecule has 1 heteroatoms. The largest absolute Gasteiger partial charge is 1.00 e. The monoisotopic (exact) mass is 181 g/mol. The summed E-state index contributed by atoms with van der Waals surface area (Å²) in [5.41, 5.74) is 0. The molecule has 1 aliphatic rings. The van der Waals surface area contributed by atoms with Gasteiger partial charge in [-0.3, -0.25) is 6.08 Å². The predicted molar refractivity (Wildman–Crippen MR) is 26.2 cm³/mol. The summed E-state index contributed by atoms with van der Waals surface area (Å²) < 4.78 is 0. The molecule has 1 aliphatic carbocycles. The Bertz CT molecular complexity index is 70.2. The van der Waals surface area contributed by atoms with Gasteiger partial charge in [-0.25, -0.2) is 12.2 Å². The summed E-state index contributed by atoms with van der Waals surface area (Å²) >= 11 is 0. The molecule has 39 valence electrons. The summed E-state index contributed by atoms with van der Waals surface area (Å²) in [5.74, 6) is 0. The Morgan fingerprint density at radius 1 is 1.29 bits per heavy atom. The van der Waals surface area contributed by atoms with Crippen molar-refractivity contribution in [3.05, 3.63) is 24.3 Å². The first-order valence-corrected chi connectivity index (χ1v) is 2.23. The van der Waals surface area contributed by atoms with E-state index in [2.05, 4.69) is 18.2 Å². The molecule has 0 aromatic rings. The second kappa shape index (κ2) is 4.27. The quantitative estimate of drug-likeness (QED) is 0.393. The number of hydrogen-bond acceptors (Lipinski definition) is 0. The molecule has 0 aromatic carbocycles. The van der Waals surface area contributed by atoms with Gasteiger partial charge in [0.05, 0.1) is 0 Å². The van der Waals surface area contributed by atoms with Crippen molar-refractivity contribution in [1.82, 2.24) is 0 Å². The first-order valence-electron chi connectivity index (χ1n) is 2.23. The average molecular weight is 180 g/mol. The maximum absolute atomic E-state index is 2.98. The topological polar surface area (TPSA) is 0 Å². The SMILES string of the molecule is [C-]1=CCCC=C1.[Ru+]. The normalized spacial score (nSPS) is 16.0. The van der Waals surface area contributed by atoms with Crippen LogP contribution in [-0.2, 0) is 19.5 Å². The van der Waals surface area contributed by atoms with Crippen LogP contribution in [-0.4, -0.2) is 0 Å². The van der Waals surface area contributed by atoms with Crippen molar-refractivity contribution in [3.8, 4) is 0 Å². The van der Waals surface area contributed by atoms with E-state index in [4.69, 9.17) is 0 Å². The summed E-state index contributed by atoms with van der Waals surface area (Å²) in [6.45, 7) is 0. The zero-order valence-corrected chi connectivity index (χ0v) is 5.74. The standard InChI is InChI=1S/C6H7.Ru/c1-2-4-6-5-3-1;/h1-2,6H,3,5H2;/q-1;+1. The molecule has 0 spiro atoms. The van der Waals surface area contributed by atoms with Crippen molar-refractivity contribution in [2.45, 2.75) is 12.8 Å². The minimum Gasteiger partial charge on any atom is -0.255 e. The van der Waals surface area contributed by atoms with Crippen LogP contribution >= 0.6 is 0 Å². The van der Waals surface area contributed by atoms with E-state index in [-0.39, 0.29) is 19.5 Å². The van der Waals surface area contributed by atoms with E-state index >= 15 is 0 Å². The van der Waals surface area contributed by atoms with E-state index in [0.29, 0.717) is 0 Å². The summed E-state index contributed by atoms with van der Waals surface area (Å²) in [5, 5.41) is 0. The molecule has 0 fully saturated rings. The molecule has 1 radical (unpaired) electrons. The number of hydrogen-bond donors (Lipinski definition) is 0. The molecule has 0 saturated carbocycles. The molecule has 0 aliphatic heterocycles. The Kier molecular flexibility index (Phi) is 4.33. The van der Waals surface area contributed by atoms with Gasteiger partial charge in [0.2, 0.25) is 0 Å². The van der Waals surface area contributed by atoms with Crippen LogP contribution < -0.4 is 0 Å². The summed E-state index contributed by atoms with van der Waals surface area (Å²) in [7, 11) is 0. The van der Waals surface area contributed by atoms with Gasteiger partial charge in [-0.05, 0) is 0 Å². The van der Waals surface area contributed by atoms with Crippen LogP contribution in [0.4, 0.5) is 0 Å². The fourth-order valence-corrected chi connectivity index (χ4v) is 0.482. The van der Waals surface area contributed by atoms with Crippen molar-refractivity contribution in [1.29, 1.82) is 0 Å². The molecule has 0 saturated heterocycles. The Hall–Kier alpha value is 0.103. The van der Waals surface area contributed by atoms with E-state index in [1.165, 1.54) is 12.8 Å². The molecule has 0 aromatic heterocycles. The van der Waals surface area contributed by atoms with Crippen LogP contribution in [0.15, 0.2) is 18.2 Å². The Morgan fingerprint density at radius 2 is 2.14 bits per heavy atom. The van der Waals surface area contributed by atoms with Gasteiger partial charge >= 0.3 is 19.5 Å². The minimum atomic E-state index is 0. The number of allylic oxidation sites excluding steroid dienone is 4. The molecule has 0 unspecified atom stereocenters. The van der Waals surface area contributed by atoms with E-state index in [0.717, 1.165) is 0 Å². The van der Waals surface area contributed by atoms with Gasteiger partial charge in [0.15, 0.2) is 0 Å². The van der Waals surface area contributed by atoms with Crippen molar-refractivity contribution < 1.29 is 19.5 Å². The molecule has 7 heavy (non-hydrogen) atoms. The molecule has 0 heterocycles.